The van der Waals surface area contributed by atoms with Gasteiger partial charge in [0.05, 0.1) is 15.6 Å². The van der Waals surface area contributed by atoms with Crippen molar-refractivity contribution in [2.45, 2.75) is 5.88 Å². The van der Waals surface area contributed by atoms with Crippen molar-refractivity contribution >= 4 is 52.2 Å². The Labute approximate surface area is 131 Å². The predicted molar refractivity (Wildman–Crippen MR) is 80.9 cm³/mol. The van der Waals surface area contributed by atoms with Crippen LogP contribution in [0.3, 0.4) is 0 Å². The van der Waals surface area contributed by atoms with Gasteiger partial charge in [-0.1, -0.05) is 34.8 Å². The summed E-state index contributed by atoms with van der Waals surface area (Å²) in [6.07, 6.45) is 0. The van der Waals surface area contributed by atoms with Crippen LogP contribution in [0.15, 0.2) is 36.4 Å². The molecular formula is C14H8Cl4O. The maximum atomic E-state index is 12.4. The zero-order valence-electron chi connectivity index (χ0n) is 9.59. The molecule has 0 bridgehead atoms. The molecule has 0 heterocycles. The van der Waals surface area contributed by atoms with Gasteiger partial charge >= 0.3 is 0 Å². The number of carbonyl (C=O) groups is 1. The lowest BCUT2D eigenvalue weighted by atomic mass is 10.0. The van der Waals surface area contributed by atoms with Crippen molar-refractivity contribution in [2.75, 3.05) is 0 Å². The standard InChI is InChI=1S/C14H8Cl4O/c15-7-8-5-11(17)13(12(18)6-8)14(19)9-1-3-10(16)4-2-9/h1-6H,7H2. The summed E-state index contributed by atoms with van der Waals surface area (Å²) in [6.45, 7) is 0. The van der Waals surface area contributed by atoms with Crippen molar-refractivity contribution in [2.24, 2.45) is 0 Å². The van der Waals surface area contributed by atoms with E-state index in [-0.39, 0.29) is 17.2 Å². The third kappa shape index (κ3) is 3.24. The molecule has 2 rings (SSSR count). The molecule has 0 saturated heterocycles. The smallest absolute Gasteiger partial charge is 0.196 e. The summed E-state index contributed by atoms with van der Waals surface area (Å²) in [7, 11) is 0. The fourth-order valence-electron chi connectivity index (χ4n) is 1.67. The summed E-state index contributed by atoms with van der Waals surface area (Å²) in [5.41, 5.74) is 1.52. The molecule has 0 saturated carbocycles. The van der Waals surface area contributed by atoms with Crippen LogP contribution in [0, 0.1) is 0 Å². The molecule has 0 aliphatic heterocycles. The van der Waals surface area contributed by atoms with E-state index in [1.165, 1.54) is 0 Å². The highest BCUT2D eigenvalue weighted by Gasteiger charge is 2.17. The number of rotatable bonds is 3. The van der Waals surface area contributed by atoms with Crippen molar-refractivity contribution in [3.63, 3.8) is 0 Å². The molecule has 0 atom stereocenters. The zero-order chi connectivity index (χ0) is 14.0. The molecule has 19 heavy (non-hydrogen) atoms. The minimum absolute atomic E-state index is 0.243. The quantitative estimate of drug-likeness (QED) is 0.526. The van der Waals surface area contributed by atoms with Gasteiger partial charge in [0, 0.05) is 16.5 Å². The van der Waals surface area contributed by atoms with Crippen molar-refractivity contribution in [1.29, 1.82) is 0 Å². The van der Waals surface area contributed by atoms with Gasteiger partial charge in [-0.2, -0.15) is 0 Å². The Kier molecular flexibility index (Phi) is 4.75. The Morgan fingerprint density at radius 3 is 1.95 bits per heavy atom. The molecule has 0 radical (unpaired) electrons. The van der Waals surface area contributed by atoms with E-state index in [2.05, 4.69) is 0 Å². The van der Waals surface area contributed by atoms with Crippen LogP contribution in [0.25, 0.3) is 0 Å². The molecule has 2 aromatic rings. The number of ketones is 1. The van der Waals surface area contributed by atoms with E-state index < -0.39 is 0 Å². The Hall–Kier alpha value is -0.730. The molecular weight excluding hydrogens is 326 g/mol. The summed E-state index contributed by atoms with van der Waals surface area (Å²) in [5, 5.41) is 1.15. The van der Waals surface area contributed by atoms with E-state index in [1.807, 2.05) is 0 Å². The first-order valence-electron chi connectivity index (χ1n) is 5.37. The van der Waals surface area contributed by atoms with Crippen LogP contribution < -0.4 is 0 Å². The van der Waals surface area contributed by atoms with Gasteiger partial charge in [0.15, 0.2) is 5.78 Å². The first-order valence-corrected chi connectivity index (χ1v) is 7.04. The van der Waals surface area contributed by atoms with Gasteiger partial charge in [-0.05, 0) is 42.0 Å². The van der Waals surface area contributed by atoms with E-state index in [0.29, 0.717) is 20.6 Å². The highest BCUT2D eigenvalue weighted by molar-refractivity contribution is 6.41. The number of halogens is 4. The Balaban J connectivity index is 2.47. The minimum atomic E-state index is -0.243. The number of benzene rings is 2. The van der Waals surface area contributed by atoms with Crippen LogP contribution in [0.4, 0.5) is 0 Å². The van der Waals surface area contributed by atoms with Crippen molar-refractivity contribution in [3.05, 3.63) is 68.2 Å². The monoisotopic (exact) mass is 332 g/mol. The average Bonchev–Trinajstić information content (AvgIpc) is 2.38. The normalized spacial score (nSPS) is 10.5. The molecule has 0 aliphatic rings. The maximum absolute atomic E-state index is 12.4. The second-order valence-electron chi connectivity index (χ2n) is 3.90. The molecule has 0 fully saturated rings. The van der Waals surface area contributed by atoms with Gasteiger partial charge in [-0.3, -0.25) is 4.79 Å². The Bertz CT molecular complexity index is 597. The Morgan fingerprint density at radius 1 is 0.947 bits per heavy atom. The lowest BCUT2D eigenvalue weighted by molar-refractivity contribution is 0.103. The molecule has 0 N–H and O–H groups in total. The molecule has 0 unspecified atom stereocenters. The average molecular weight is 334 g/mol. The fraction of sp³-hybridized carbons (Fsp3) is 0.0714. The molecule has 98 valence electrons. The summed E-state index contributed by atoms with van der Waals surface area (Å²) in [5.74, 6) is 0.0438. The van der Waals surface area contributed by atoms with Crippen molar-refractivity contribution in [1.82, 2.24) is 0 Å². The highest BCUT2D eigenvalue weighted by Crippen LogP contribution is 2.29. The summed E-state index contributed by atoms with van der Waals surface area (Å²) in [6, 6.07) is 9.83. The zero-order valence-corrected chi connectivity index (χ0v) is 12.6. The van der Waals surface area contributed by atoms with Crippen LogP contribution in [0.1, 0.15) is 21.5 Å². The van der Waals surface area contributed by atoms with Gasteiger partial charge < -0.3 is 0 Å². The third-order valence-electron chi connectivity index (χ3n) is 2.59. The van der Waals surface area contributed by atoms with E-state index in [0.717, 1.165) is 5.56 Å². The van der Waals surface area contributed by atoms with Crippen LogP contribution in [-0.4, -0.2) is 5.78 Å². The number of alkyl halides is 1. The van der Waals surface area contributed by atoms with Crippen LogP contribution in [-0.2, 0) is 5.88 Å². The fourth-order valence-corrected chi connectivity index (χ4v) is 2.65. The van der Waals surface area contributed by atoms with E-state index in [4.69, 9.17) is 46.4 Å². The van der Waals surface area contributed by atoms with E-state index >= 15 is 0 Å². The van der Waals surface area contributed by atoms with Gasteiger partial charge in [0.1, 0.15) is 0 Å². The van der Waals surface area contributed by atoms with Crippen molar-refractivity contribution < 1.29 is 4.79 Å². The predicted octanol–water partition coefficient (Wildman–Crippen LogP) is 5.62. The van der Waals surface area contributed by atoms with Crippen LogP contribution in [0.5, 0.6) is 0 Å². The second-order valence-corrected chi connectivity index (χ2v) is 5.42. The second kappa shape index (κ2) is 6.15. The van der Waals surface area contributed by atoms with E-state index in [9.17, 15) is 4.79 Å². The number of hydrogen-bond donors (Lipinski definition) is 0. The lowest BCUT2D eigenvalue weighted by Crippen LogP contribution is -2.03. The van der Waals surface area contributed by atoms with Gasteiger partial charge in [0.25, 0.3) is 0 Å². The SMILES string of the molecule is O=C(c1ccc(Cl)cc1)c1c(Cl)cc(CCl)cc1Cl. The lowest BCUT2D eigenvalue weighted by Gasteiger charge is -2.08. The van der Waals surface area contributed by atoms with Crippen molar-refractivity contribution in [3.8, 4) is 0 Å². The molecule has 1 nitrogen and oxygen atoms in total. The summed E-state index contributed by atoms with van der Waals surface area (Å²) >= 11 is 23.7. The summed E-state index contributed by atoms with van der Waals surface area (Å²) in [4.78, 5) is 12.4. The highest BCUT2D eigenvalue weighted by atomic mass is 35.5. The maximum Gasteiger partial charge on any atom is 0.196 e. The summed E-state index contributed by atoms with van der Waals surface area (Å²) < 4.78 is 0. The first kappa shape index (κ1) is 14.7. The molecule has 2 aromatic carbocycles. The molecule has 0 amide bonds. The van der Waals surface area contributed by atoms with Crippen LogP contribution >= 0.6 is 46.4 Å². The first-order chi connectivity index (χ1) is 9.02. The van der Waals surface area contributed by atoms with Crippen LogP contribution in [0.2, 0.25) is 15.1 Å². The number of hydrogen-bond acceptors (Lipinski definition) is 1. The van der Waals surface area contributed by atoms with E-state index in [1.54, 1.807) is 36.4 Å². The third-order valence-corrected chi connectivity index (χ3v) is 3.75. The molecule has 0 aliphatic carbocycles. The topological polar surface area (TPSA) is 17.1 Å². The minimum Gasteiger partial charge on any atom is -0.288 e. The molecule has 0 spiro atoms. The van der Waals surface area contributed by atoms with Gasteiger partial charge in [-0.15, -0.1) is 11.6 Å². The largest absolute Gasteiger partial charge is 0.288 e. The van der Waals surface area contributed by atoms with Gasteiger partial charge in [0.2, 0.25) is 0 Å². The molecule has 0 aromatic heterocycles. The van der Waals surface area contributed by atoms with Gasteiger partial charge in [-0.25, -0.2) is 0 Å². The number of carbonyl (C=O) groups excluding carboxylic acids is 1. The molecule has 5 heteroatoms. The Morgan fingerprint density at radius 2 is 1.47 bits per heavy atom.